The molecule has 3 rings (SSSR count). The molecule has 1 aliphatic carbocycles. The Labute approximate surface area is 125 Å². The van der Waals surface area contributed by atoms with Gasteiger partial charge < -0.3 is 15.4 Å². The molecule has 1 aromatic carbocycles. The maximum atomic E-state index is 11.5. The summed E-state index contributed by atoms with van der Waals surface area (Å²) in [7, 11) is 1.41. The second kappa shape index (κ2) is 6.02. The van der Waals surface area contributed by atoms with Crippen molar-refractivity contribution in [3.63, 3.8) is 0 Å². The third-order valence-electron chi connectivity index (χ3n) is 4.54. The van der Waals surface area contributed by atoms with Crippen molar-refractivity contribution < 1.29 is 9.53 Å². The van der Waals surface area contributed by atoms with Crippen LogP contribution in [0.25, 0.3) is 0 Å². The van der Waals surface area contributed by atoms with E-state index < -0.39 is 0 Å². The van der Waals surface area contributed by atoms with Crippen LogP contribution in [0, 0.1) is 0 Å². The largest absolute Gasteiger partial charge is 0.453 e. The maximum Gasteiger partial charge on any atom is 0.407 e. The Bertz CT molecular complexity index is 487. The van der Waals surface area contributed by atoms with Crippen molar-refractivity contribution in [1.29, 1.82) is 0 Å². The fraction of sp³-hybridized carbons (Fsp3) is 0.533. The quantitative estimate of drug-likeness (QED) is 0.837. The number of benzene rings is 1. The van der Waals surface area contributed by atoms with Crippen LogP contribution in [-0.4, -0.2) is 26.3 Å². The Morgan fingerprint density at radius 2 is 2.05 bits per heavy atom. The molecule has 2 aliphatic rings. The van der Waals surface area contributed by atoms with Crippen LogP contribution >= 0.6 is 12.4 Å². The van der Waals surface area contributed by atoms with Crippen LogP contribution in [-0.2, 0) is 10.2 Å². The number of rotatable bonds is 1. The lowest BCUT2D eigenvalue weighted by Crippen LogP contribution is -2.39. The van der Waals surface area contributed by atoms with Gasteiger partial charge in [-0.2, -0.15) is 0 Å². The first-order chi connectivity index (χ1) is 9.25. The van der Waals surface area contributed by atoms with E-state index in [1.807, 2.05) is 6.07 Å². The third-order valence-corrected chi connectivity index (χ3v) is 4.54. The van der Waals surface area contributed by atoms with E-state index in [0.29, 0.717) is 0 Å². The van der Waals surface area contributed by atoms with Crippen LogP contribution in [0.2, 0.25) is 0 Å². The van der Waals surface area contributed by atoms with Gasteiger partial charge in [0.05, 0.1) is 13.2 Å². The molecule has 110 valence electrons. The zero-order chi connectivity index (χ0) is 13.3. The summed E-state index contributed by atoms with van der Waals surface area (Å²) >= 11 is 0. The molecule has 5 heteroatoms. The number of hydrogen-bond donors (Lipinski definition) is 2. The average Bonchev–Trinajstić information content (AvgIpc) is 2.74. The lowest BCUT2D eigenvalue weighted by Gasteiger charge is -2.35. The van der Waals surface area contributed by atoms with Crippen molar-refractivity contribution in [2.24, 2.45) is 0 Å². The Morgan fingerprint density at radius 3 is 2.75 bits per heavy atom. The van der Waals surface area contributed by atoms with Crippen molar-refractivity contribution in [1.82, 2.24) is 10.6 Å². The lowest BCUT2D eigenvalue weighted by molar-refractivity contribution is 0.164. The summed E-state index contributed by atoms with van der Waals surface area (Å²) in [6.45, 7) is 2.11. The van der Waals surface area contributed by atoms with Crippen molar-refractivity contribution >= 4 is 18.5 Å². The highest BCUT2D eigenvalue weighted by atomic mass is 35.5. The smallest absolute Gasteiger partial charge is 0.407 e. The van der Waals surface area contributed by atoms with Gasteiger partial charge in [-0.1, -0.05) is 24.3 Å². The minimum absolute atomic E-state index is 0. The maximum absolute atomic E-state index is 11.5. The minimum atomic E-state index is -0.342. The molecule has 1 aromatic rings. The molecule has 0 aromatic heterocycles. The Balaban J connectivity index is 0.00000147. The van der Waals surface area contributed by atoms with E-state index in [9.17, 15) is 4.79 Å². The van der Waals surface area contributed by atoms with Crippen LogP contribution in [0.3, 0.4) is 0 Å². The minimum Gasteiger partial charge on any atom is -0.453 e. The summed E-state index contributed by atoms with van der Waals surface area (Å²) in [5.41, 5.74) is 2.90. The molecule has 2 N–H and O–H groups in total. The summed E-state index contributed by atoms with van der Waals surface area (Å²) in [5, 5.41) is 6.40. The molecule has 1 unspecified atom stereocenters. The number of hydrogen-bond acceptors (Lipinski definition) is 3. The number of fused-ring (bicyclic) bond motifs is 2. The summed E-state index contributed by atoms with van der Waals surface area (Å²) in [6, 6.07) is 8.59. The van der Waals surface area contributed by atoms with E-state index in [2.05, 4.69) is 28.8 Å². The molecule has 4 nitrogen and oxygen atoms in total. The van der Waals surface area contributed by atoms with Crippen molar-refractivity contribution in [3.8, 4) is 0 Å². The highest BCUT2D eigenvalue weighted by molar-refractivity contribution is 5.85. The molecule has 0 radical (unpaired) electrons. The van der Waals surface area contributed by atoms with Crippen LogP contribution in [0.4, 0.5) is 4.79 Å². The van der Waals surface area contributed by atoms with Crippen molar-refractivity contribution in [2.75, 3.05) is 20.2 Å². The van der Waals surface area contributed by atoms with Gasteiger partial charge >= 0.3 is 6.09 Å². The Hall–Kier alpha value is -1.26. The van der Waals surface area contributed by atoms with E-state index in [0.717, 1.165) is 32.4 Å². The van der Waals surface area contributed by atoms with Gasteiger partial charge in [-0.05, 0) is 43.5 Å². The van der Waals surface area contributed by atoms with E-state index in [4.69, 9.17) is 4.74 Å². The van der Waals surface area contributed by atoms with Gasteiger partial charge in [0.2, 0.25) is 0 Å². The monoisotopic (exact) mass is 296 g/mol. The lowest BCUT2D eigenvalue weighted by atomic mass is 9.74. The molecule has 0 saturated carbocycles. The number of nitrogens with one attached hydrogen (secondary N) is 2. The van der Waals surface area contributed by atoms with E-state index in [1.165, 1.54) is 18.2 Å². The van der Waals surface area contributed by atoms with Crippen LogP contribution < -0.4 is 10.6 Å². The van der Waals surface area contributed by atoms with Gasteiger partial charge in [0.15, 0.2) is 0 Å². The van der Waals surface area contributed by atoms with Gasteiger partial charge in [-0.15, -0.1) is 12.4 Å². The molecule has 1 aliphatic heterocycles. The second-order valence-electron chi connectivity index (χ2n) is 5.51. The average molecular weight is 297 g/mol. The SMILES string of the molecule is COC(=O)NC1CC2(CCNCC2)c2ccccc21.Cl. The fourth-order valence-corrected chi connectivity index (χ4v) is 3.60. The highest BCUT2D eigenvalue weighted by Crippen LogP contribution is 2.49. The van der Waals surface area contributed by atoms with Crippen LogP contribution in [0.5, 0.6) is 0 Å². The summed E-state index contributed by atoms with van der Waals surface area (Å²) < 4.78 is 4.74. The van der Waals surface area contributed by atoms with Crippen LogP contribution in [0.15, 0.2) is 24.3 Å². The first-order valence-electron chi connectivity index (χ1n) is 6.90. The zero-order valence-corrected chi connectivity index (χ0v) is 12.5. The molecular formula is C15H21ClN2O2. The first-order valence-corrected chi connectivity index (χ1v) is 6.90. The number of alkyl carbamates (subject to hydrolysis) is 1. The summed E-state index contributed by atoms with van der Waals surface area (Å²) in [6.07, 6.45) is 2.93. The molecule has 1 heterocycles. The van der Waals surface area contributed by atoms with E-state index in [1.54, 1.807) is 0 Å². The number of methoxy groups -OCH3 is 1. The Morgan fingerprint density at radius 1 is 1.35 bits per heavy atom. The highest BCUT2D eigenvalue weighted by Gasteiger charge is 2.44. The summed E-state index contributed by atoms with van der Waals surface area (Å²) in [4.78, 5) is 11.5. The van der Waals surface area contributed by atoms with Gasteiger partial charge in [0.25, 0.3) is 0 Å². The number of ether oxygens (including phenoxy) is 1. The number of carbonyl (C=O) groups excluding carboxylic acids is 1. The second-order valence-corrected chi connectivity index (χ2v) is 5.51. The van der Waals surface area contributed by atoms with Gasteiger partial charge in [0, 0.05) is 5.41 Å². The fourth-order valence-electron chi connectivity index (χ4n) is 3.60. The molecule has 1 saturated heterocycles. The normalized spacial score (nSPS) is 22.8. The Kier molecular flexibility index (Phi) is 4.55. The number of carbonyl (C=O) groups is 1. The van der Waals surface area contributed by atoms with E-state index in [-0.39, 0.29) is 30.0 Å². The van der Waals surface area contributed by atoms with Gasteiger partial charge in [-0.3, -0.25) is 0 Å². The van der Waals surface area contributed by atoms with Crippen molar-refractivity contribution in [2.45, 2.75) is 30.7 Å². The molecule has 1 spiro atoms. The first kappa shape index (κ1) is 15.1. The third kappa shape index (κ3) is 2.50. The predicted molar refractivity (Wildman–Crippen MR) is 80.4 cm³/mol. The predicted octanol–water partition coefficient (Wildman–Crippen LogP) is 2.53. The van der Waals surface area contributed by atoms with Crippen molar-refractivity contribution in [3.05, 3.63) is 35.4 Å². The molecular weight excluding hydrogens is 276 g/mol. The number of halogens is 1. The summed E-state index contributed by atoms with van der Waals surface area (Å²) in [5.74, 6) is 0. The van der Waals surface area contributed by atoms with Gasteiger partial charge in [-0.25, -0.2) is 4.79 Å². The molecule has 1 atom stereocenters. The molecule has 0 bridgehead atoms. The van der Waals surface area contributed by atoms with E-state index >= 15 is 0 Å². The number of amides is 1. The zero-order valence-electron chi connectivity index (χ0n) is 11.6. The topological polar surface area (TPSA) is 50.4 Å². The van der Waals surface area contributed by atoms with Gasteiger partial charge in [0.1, 0.15) is 0 Å². The standard InChI is InChI=1S/C15H20N2O2.ClH/c1-19-14(18)17-13-10-15(6-8-16-9-7-15)12-5-3-2-4-11(12)13;/h2-5,13,16H,6-10H2,1H3,(H,17,18);1H. The molecule has 1 fully saturated rings. The number of piperidine rings is 1. The molecule has 20 heavy (non-hydrogen) atoms. The van der Waals surface area contributed by atoms with Crippen LogP contribution in [0.1, 0.15) is 36.4 Å². The molecule has 1 amide bonds.